The molecule has 117 heavy (non-hydrogen) atoms. The van der Waals surface area contributed by atoms with E-state index >= 15 is 0 Å². The van der Waals surface area contributed by atoms with Gasteiger partial charge in [0.1, 0.15) is 35.2 Å². The summed E-state index contributed by atoms with van der Waals surface area (Å²) >= 11 is 0. The van der Waals surface area contributed by atoms with Crippen molar-refractivity contribution in [2.75, 3.05) is 0 Å². The van der Waals surface area contributed by atoms with Gasteiger partial charge < -0.3 is 22.1 Å². The van der Waals surface area contributed by atoms with Crippen LogP contribution < -0.4 is 22.8 Å². The first-order valence-electron chi connectivity index (χ1n) is 40.2. The predicted octanol–water partition coefficient (Wildman–Crippen LogP) is 22.8. The van der Waals surface area contributed by atoms with Crippen molar-refractivity contribution in [3.8, 4) is 56.3 Å². The van der Waals surface area contributed by atoms with Crippen LogP contribution in [0, 0.1) is 47.5 Å². The molecule has 0 amide bonds. The van der Waals surface area contributed by atoms with Gasteiger partial charge >= 0.3 is 0 Å². The largest absolute Gasteiger partial charge is 0.437 e. The summed E-state index contributed by atoms with van der Waals surface area (Å²) in [4.78, 5) is 23.1. The van der Waals surface area contributed by atoms with E-state index in [0.717, 1.165) is 179 Å². The van der Waals surface area contributed by atoms with Crippen LogP contribution in [0.25, 0.3) is 167 Å². The average Bonchev–Trinajstić information content (AvgIpc) is 1.65. The van der Waals surface area contributed by atoms with E-state index in [9.17, 15) is 0 Å². The first-order chi connectivity index (χ1) is 56.4. The van der Waals surface area contributed by atoms with Crippen LogP contribution in [0.4, 0.5) is 0 Å². The third-order valence-electron chi connectivity index (χ3n) is 22.2. The molecule has 20 rings (SSSR count). The lowest BCUT2D eigenvalue weighted by molar-refractivity contribution is -0.660. The maximum Gasteiger partial charge on any atom is 0.227 e. The molecule has 0 aliphatic carbocycles. The Labute approximate surface area is 681 Å². The quantitative estimate of drug-likeness (QED) is 0.135. The molecule has 0 unspecified atom stereocenters. The number of fused-ring (bicyclic) bond motifs is 15. The Morgan fingerprint density at radius 3 is 0.957 bits per heavy atom. The second-order valence-corrected chi connectivity index (χ2v) is 32.6. The number of hydrogen-bond donors (Lipinski definition) is 0. The molecule has 0 atom stereocenters. The number of pyridine rings is 10. The highest BCUT2D eigenvalue weighted by Gasteiger charge is 2.28. The van der Waals surface area contributed by atoms with Gasteiger partial charge in [0.2, 0.25) is 57.0 Å². The molecule has 0 spiro atoms. The van der Waals surface area contributed by atoms with Crippen molar-refractivity contribution in [2.45, 2.75) is 108 Å². The molecule has 0 bridgehead atoms. The van der Waals surface area contributed by atoms with E-state index in [1.807, 2.05) is 49.4 Å². The van der Waals surface area contributed by atoms with Crippen LogP contribution in [0.2, 0.25) is 0 Å². The Kier molecular flexibility index (Phi) is 21.0. The number of hydrogen-bond acceptors (Lipinski definition) is 10. The van der Waals surface area contributed by atoms with Gasteiger partial charge in [0.15, 0.2) is 58.9 Å². The van der Waals surface area contributed by atoms with Crippen LogP contribution in [-0.4, -0.2) is 24.9 Å². The van der Waals surface area contributed by atoms with E-state index in [1.54, 1.807) is 6.20 Å². The molecular weight excluding hydrogens is 1450 g/mol. The van der Waals surface area contributed by atoms with E-state index in [1.165, 1.54) is 27.8 Å². The highest BCUT2D eigenvalue weighted by atomic mass is 16.4. The second-order valence-electron chi connectivity index (χ2n) is 32.6. The number of furan rings is 5. The maximum atomic E-state index is 6.29. The van der Waals surface area contributed by atoms with Crippen LogP contribution in [-0.2, 0) is 47.1 Å². The summed E-state index contributed by atoms with van der Waals surface area (Å²) in [6.45, 7) is 27.8. The van der Waals surface area contributed by atoms with Crippen molar-refractivity contribution in [3.05, 3.63) is 300 Å². The minimum atomic E-state index is -0.00220. The zero-order valence-corrected chi connectivity index (χ0v) is 70.0. The van der Waals surface area contributed by atoms with Crippen LogP contribution >= 0.6 is 0 Å². The van der Waals surface area contributed by atoms with E-state index < -0.39 is 0 Å². The molecule has 15 heteroatoms. The molecule has 0 N–H and O–H groups in total. The number of benzene rings is 5. The minimum absolute atomic E-state index is 0.00220. The van der Waals surface area contributed by atoms with Crippen LogP contribution in [0.5, 0.6) is 0 Å². The first kappa shape index (κ1) is 77.5. The fourth-order valence-corrected chi connectivity index (χ4v) is 16.0. The molecule has 15 heterocycles. The number of rotatable bonds is 8. The summed E-state index contributed by atoms with van der Waals surface area (Å²) in [7, 11) is 10.3. The van der Waals surface area contributed by atoms with Gasteiger partial charge in [-0.3, -0.25) is 0 Å². The Bertz CT molecular complexity index is 7210. The van der Waals surface area contributed by atoms with Crippen molar-refractivity contribution in [2.24, 2.45) is 41.2 Å². The third kappa shape index (κ3) is 14.9. The van der Waals surface area contributed by atoms with Gasteiger partial charge in [0.25, 0.3) is 0 Å². The summed E-state index contributed by atoms with van der Waals surface area (Å²) in [6, 6.07) is 73.4. The first-order valence-corrected chi connectivity index (χ1v) is 40.2. The predicted molar refractivity (Wildman–Crippen MR) is 470 cm³/mol. The maximum absolute atomic E-state index is 6.29. The molecular formula is C102H99N10O5+5. The fourth-order valence-electron chi connectivity index (χ4n) is 16.0. The SMILES string of the molecule is Cc1ccc2c(n1)oc1c(-c3cccc[n+]3C)c(C)ccc12.Cc1ccc2c(oc3nc(C(C)(C)C)ccc32)c1-c1cccc[n+]1C.Cc1ccc2c(oc3nc(C(C)C)ccc32)c1-c1cccc[n+]1C.Cc1ccc2c(oc3nc(CC(C)C)ccc32)c1-c1cccc[n+]1C.Cc1ccc2c(oc3ncccc32)c1-c1cccc[n+]1C. The molecule has 5 aromatic carbocycles. The van der Waals surface area contributed by atoms with Crippen molar-refractivity contribution in [1.29, 1.82) is 0 Å². The molecule has 0 saturated heterocycles. The second kappa shape index (κ2) is 31.8. The van der Waals surface area contributed by atoms with Crippen LogP contribution in [0.3, 0.4) is 0 Å². The molecule has 15 nitrogen and oxygen atoms in total. The number of nitrogens with zero attached hydrogens (tertiary/aromatic N) is 10. The molecule has 0 aliphatic heterocycles. The Morgan fingerprint density at radius 2 is 0.607 bits per heavy atom. The van der Waals surface area contributed by atoms with Crippen LogP contribution in [0.1, 0.15) is 105 Å². The summed E-state index contributed by atoms with van der Waals surface area (Å²) in [5.41, 5.74) is 29.7. The molecule has 0 radical (unpaired) electrons. The van der Waals surface area contributed by atoms with Gasteiger partial charge in [-0.05, 0) is 179 Å². The Balaban J connectivity index is 0.000000110. The Hall–Kier alpha value is -13.4. The molecule has 15 aromatic heterocycles. The van der Waals surface area contributed by atoms with E-state index in [4.69, 9.17) is 37.0 Å². The van der Waals surface area contributed by atoms with Crippen molar-refractivity contribution >= 4 is 110 Å². The summed E-state index contributed by atoms with van der Waals surface area (Å²) in [6.07, 6.45) is 13.0. The lowest BCUT2D eigenvalue weighted by atomic mass is 9.91. The van der Waals surface area contributed by atoms with E-state index in [0.29, 0.717) is 29.0 Å². The summed E-state index contributed by atoms with van der Waals surface area (Å²) in [5.74, 6) is 0.964. The fraction of sp³-hybridized carbons (Fsp3) is 0.216. The topological polar surface area (TPSA) is 150 Å². The highest BCUT2D eigenvalue weighted by Crippen LogP contribution is 2.43. The van der Waals surface area contributed by atoms with Crippen LogP contribution in [0.15, 0.2) is 272 Å². The smallest absolute Gasteiger partial charge is 0.227 e. The van der Waals surface area contributed by atoms with Crippen molar-refractivity contribution < 1.29 is 44.9 Å². The molecule has 582 valence electrons. The summed E-state index contributed by atoms with van der Waals surface area (Å²) in [5, 5.41) is 11.0. The number of aryl methyl sites for hydroxylation is 11. The lowest BCUT2D eigenvalue weighted by Crippen LogP contribution is -2.30. The van der Waals surface area contributed by atoms with Crippen molar-refractivity contribution in [1.82, 2.24) is 24.9 Å². The number of aromatic nitrogens is 10. The van der Waals surface area contributed by atoms with E-state index in [-0.39, 0.29) is 5.41 Å². The third-order valence-corrected chi connectivity index (χ3v) is 22.2. The molecule has 0 saturated carbocycles. The summed E-state index contributed by atoms with van der Waals surface area (Å²) < 4.78 is 41.6. The zero-order valence-electron chi connectivity index (χ0n) is 70.0. The van der Waals surface area contributed by atoms with Gasteiger partial charge in [-0.25, -0.2) is 47.8 Å². The van der Waals surface area contributed by atoms with Gasteiger partial charge in [0, 0.05) is 149 Å². The van der Waals surface area contributed by atoms with Gasteiger partial charge in [0.05, 0.1) is 27.8 Å². The molecule has 0 aliphatic rings. The lowest BCUT2D eigenvalue weighted by Gasteiger charge is -2.16. The minimum Gasteiger partial charge on any atom is -0.437 e. The molecule has 20 aromatic rings. The molecule has 0 fully saturated rings. The van der Waals surface area contributed by atoms with Gasteiger partial charge in [-0.15, -0.1) is 0 Å². The average molecular weight is 1540 g/mol. The van der Waals surface area contributed by atoms with Gasteiger partial charge in [-0.1, -0.05) is 109 Å². The monoisotopic (exact) mass is 1540 g/mol. The van der Waals surface area contributed by atoms with E-state index in [2.05, 4.69) is 352 Å². The van der Waals surface area contributed by atoms with Crippen molar-refractivity contribution in [3.63, 3.8) is 0 Å². The van der Waals surface area contributed by atoms with Gasteiger partial charge in [-0.2, -0.15) is 0 Å². The standard InChI is InChI=1S/2C22H23N2O.C21H21N2O.C19H17N2O.C18H15N2O/c1-14-9-10-15-16-11-12-18(22(2,3)4)23-21(16)25-20(15)19(14)17-8-6-7-13-24(17)5;1-14(2)13-16-9-11-18-17-10-8-15(3)20(21(17)25-22(18)23-16)19-7-5-6-12-24(19)4;1-13(2)17-11-10-16-15-9-8-14(3)19(20(15)24-21(16)22-17)18-7-5-6-12-23(18)4;1-12-7-9-14-15-10-8-13(2)20-19(15)22-18(14)17(12)16-6-4-5-11-21(16)3;1-12-8-9-13-14-6-5-10-19-18(14)21-17(13)16(12)15-7-3-4-11-20(15)2/h6-13H,1-5H3;5-12,14H,13H2,1-4H3;5-13H,1-4H3;4-11H,1-3H3;3-11H,1-2H3/q5*+1. The highest BCUT2D eigenvalue weighted by molar-refractivity contribution is 6.13. The normalized spacial score (nSPS) is 11.7. The zero-order chi connectivity index (χ0) is 81.8. The Morgan fingerprint density at radius 1 is 0.299 bits per heavy atom.